The van der Waals surface area contributed by atoms with Crippen molar-refractivity contribution in [3.8, 4) is 0 Å². The van der Waals surface area contributed by atoms with Crippen molar-refractivity contribution in [3.63, 3.8) is 0 Å². The van der Waals surface area contributed by atoms with Crippen LogP contribution in [0.2, 0.25) is 0 Å². The van der Waals surface area contributed by atoms with Crippen molar-refractivity contribution >= 4 is 16.7 Å². The van der Waals surface area contributed by atoms with Crippen LogP contribution < -0.4 is 5.32 Å². The highest BCUT2D eigenvalue weighted by Gasteiger charge is 2.14. The van der Waals surface area contributed by atoms with Crippen LogP contribution in [0.1, 0.15) is 22.2 Å². The number of fused-ring (bicyclic) bond motifs is 1. The van der Waals surface area contributed by atoms with Gasteiger partial charge in [-0.2, -0.15) is 0 Å². The van der Waals surface area contributed by atoms with Gasteiger partial charge in [0.05, 0.1) is 12.3 Å². The van der Waals surface area contributed by atoms with Gasteiger partial charge in [-0.25, -0.2) is 0 Å². The molecule has 0 spiro atoms. The van der Waals surface area contributed by atoms with Crippen molar-refractivity contribution in [3.05, 3.63) is 59.9 Å². The van der Waals surface area contributed by atoms with E-state index in [1.165, 1.54) is 10.9 Å². The van der Waals surface area contributed by atoms with Crippen molar-refractivity contribution in [2.75, 3.05) is 6.54 Å². The van der Waals surface area contributed by atoms with Gasteiger partial charge in [-0.1, -0.05) is 47.7 Å². The standard InChI is InChI=1S/C16H16N4O2/c1-20-10-14(18-19-20)16(22)17-9-15(21)13-8-4-6-11-5-2-3-7-12(11)13/h2-8,10,15,21H,9H2,1H3,(H,17,22)/t15-/m1/s1. The van der Waals surface area contributed by atoms with Gasteiger partial charge in [0.15, 0.2) is 5.69 Å². The van der Waals surface area contributed by atoms with E-state index in [0.29, 0.717) is 0 Å². The minimum atomic E-state index is -0.785. The van der Waals surface area contributed by atoms with E-state index in [2.05, 4.69) is 15.6 Å². The lowest BCUT2D eigenvalue weighted by atomic mass is 10.0. The van der Waals surface area contributed by atoms with Crippen LogP contribution in [0, 0.1) is 0 Å². The number of carbonyl (C=O) groups is 1. The second kappa shape index (κ2) is 5.95. The molecule has 3 aromatic rings. The minimum absolute atomic E-state index is 0.114. The van der Waals surface area contributed by atoms with Crippen LogP contribution >= 0.6 is 0 Å². The summed E-state index contributed by atoms with van der Waals surface area (Å²) >= 11 is 0. The molecule has 0 saturated heterocycles. The summed E-state index contributed by atoms with van der Waals surface area (Å²) in [4.78, 5) is 11.9. The first kappa shape index (κ1) is 14.2. The van der Waals surface area contributed by atoms with Gasteiger partial charge < -0.3 is 10.4 Å². The Morgan fingerprint density at radius 2 is 2.05 bits per heavy atom. The zero-order valence-electron chi connectivity index (χ0n) is 12.1. The third-order valence-electron chi connectivity index (χ3n) is 3.47. The van der Waals surface area contributed by atoms with E-state index >= 15 is 0 Å². The maximum atomic E-state index is 11.9. The number of aliphatic hydroxyl groups is 1. The summed E-state index contributed by atoms with van der Waals surface area (Å²) in [5.41, 5.74) is 1.02. The predicted molar refractivity (Wildman–Crippen MR) is 82.2 cm³/mol. The van der Waals surface area contributed by atoms with Gasteiger partial charge in [-0.15, -0.1) is 5.10 Å². The monoisotopic (exact) mass is 296 g/mol. The average molecular weight is 296 g/mol. The molecule has 1 heterocycles. The van der Waals surface area contributed by atoms with E-state index in [0.717, 1.165) is 16.3 Å². The van der Waals surface area contributed by atoms with Crippen molar-refractivity contribution in [1.82, 2.24) is 20.3 Å². The molecule has 0 saturated carbocycles. The molecule has 1 atom stereocenters. The fourth-order valence-corrected chi connectivity index (χ4v) is 2.38. The molecular formula is C16H16N4O2. The number of nitrogens with zero attached hydrogens (tertiary/aromatic N) is 3. The minimum Gasteiger partial charge on any atom is -0.387 e. The van der Waals surface area contributed by atoms with Crippen molar-refractivity contribution in [2.45, 2.75) is 6.10 Å². The maximum Gasteiger partial charge on any atom is 0.273 e. The zero-order chi connectivity index (χ0) is 15.5. The molecule has 0 unspecified atom stereocenters. The Balaban J connectivity index is 1.74. The normalized spacial score (nSPS) is 12.3. The predicted octanol–water partition coefficient (Wildman–Crippen LogP) is 1.43. The summed E-state index contributed by atoms with van der Waals surface area (Å²) in [5, 5.41) is 22.5. The fraction of sp³-hybridized carbons (Fsp3) is 0.188. The highest BCUT2D eigenvalue weighted by atomic mass is 16.3. The Labute approximate surface area is 127 Å². The summed E-state index contributed by atoms with van der Waals surface area (Å²) in [6.07, 6.45) is 0.742. The first-order valence-corrected chi connectivity index (χ1v) is 6.95. The summed E-state index contributed by atoms with van der Waals surface area (Å²) in [6.45, 7) is 0.114. The molecule has 6 nitrogen and oxygen atoms in total. The smallest absolute Gasteiger partial charge is 0.273 e. The number of aryl methyl sites for hydroxylation is 1. The summed E-state index contributed by atoms with van der Waals surface area (Å²) in [6, 6.07) is 13.6. The molecule has 0 aliphatic carbocycles. The van der Waals surface area contributed by atoms with Crippen molar-refractivity contribution in [1.29, 1.82) is 0 Å². The molecule has 3 rings (SSSR count). The quantitative estimate of drug-likeness (QED) is 0.763. The highest BCUT2D eigenvalue weighted by Crippen LogP contribution is 2.23. The topological polar surface area (TPSA) is 80.0 Å². The fourth-order valence-electron chi connectivity index (χ4n) is 2.38. The first-order chi connectivity index (χ1) is 10.6. The molecule has 0 fully saturated rings. The molecule has 112 valence electrons. The van der Waals surface area contributed by atoms with Crippen LogP contribution in [0.3, 0.4) is 0 Å². The Hall–Kier alpha value is -2.73. The van der Waals surface area contributed by atoms with E-state index in [1.807, 2.05) is 42.5 Å². The molecule has 0 aliphatic heterocycles. The van der Waals surface area contributed by atoms with Gasteiger partial charge in [0.1, 0.15) is 0 Å². The summed E-state index contributed by atoms with van der Waals surface area (Å²) in [5.74, 6) is -0.354. The van der Waals surface area contributed by atoms with Gasteiger partial charge in [0, 0.05) is 13.6 Å². The lowest BCUT2D eigenvalue weighted by Crippen LogP contribution is -2.28. The first-order valence-electron chi connectivity index (χ1n) is 6.95. The molecule has 6 heteroatoms. The number of carbonyl (C=O) groups excluding carboxylic acids is 1. The number of rotatable bonds is 4. The highest BCUT2D eigenvalue weighted by molar-refractivity contribution is 5.92. The van der Waals surface area contributed by atoms with Crippen LogP contribution in [0.25, 0.3) is 10.8 Å². The van der Waals surface area contributed by atoms with E-state index in [4.69, 9.17) is 0 Å². The Morgan fingerprint density at radius 3 is 2.82 bits per heavy atom. The molecule has 1 amide bonds. The van der Waals surface area contributed by atoms with Crippen molar-refractivity contribution in [2.24, 2.45) is 7.05 Å². The summed E-state index contributed by atoms with van der Waals surface area (Å²) < 4.78 is 1.45. The van der Waals surface area contributed by atoms with E-state index in [1.54, 1.807) is 7.05 Å². The molecule has 2 N–H and O–H groups in total. The number of amides is 1. The van der Waals surface area contributed by atoms with Crippen LogP contribution in [-0.4, -0.2) is 32.6 Å². The number of aliphatic hydroxyl groups excluding tert-OH is 1. The largest absolute Gasteiger partial charge is 0.387 e. The second-order valence-corrected chi connectivity index (χ2v) is 5.07. The van der Waals surface area contributed by atoms with E-state index in [9.17, 15) is 9.90 Å². The molecule has 0 bridgehead atoms. The van der Waals surface area contributed by atoms with Gasteiger partial charge in [-0.05, 0) is 16.3 Å². The van der Waals surface area contributed by atoms with Gasteiger partial charge >= 0.3 is 0 Å². The number of hydrogen-bond acceptors (Lipinski definition) is 4. The van der Waals surface area contributed by atoms with E-state index in [-0.39, 0.29) is 18.1 Å². The van der Waals surface area contributed by atoms with Gasteiger partial charge in [-0.3, -0.25) is 9.48 Å². The van der Waals surface area contributed by atoms with Crippen LogP contribution in [0.15, 0.2) is 48.7 Å². The third kappa shape index (κ3) is 2.82. The van der Waals surface area contributed by atoms with Crippen molar-refractivity contribution < 1.29 is 9.90 Å². The molecular weight excluding hydrogens is 280 g/mol. The average Bonchev–Trinajstić information content (AvgIpc) is 2.98. The molecule has 0 aliphatic rings. The molecule has 22 heavy (non-hydrogen) atoms. The lowest BCUT2D eigenvalue weighted by Gasteiger charge is -2.14. The van der Waals surface area contributed by atoms with Crippen LogP contribution in [0.5, 0.6) is 0 Å². The Bertz CT molecular complexity index is 807. The third-order valence-corrected chi connectivity index (χ3v) is 3.47. The number of nitrogens with one attached hydrogen (secondary N) is 1. The number of benzene rings is 2. The lowest BCUT2D eigenvalue weighted by molar-refractivity contribution is 0.0912. The molecule has 2 aromatic carbocycles. The van der Waals surface area contributed by atoms with Gasteiger partial charge in [0.2, 0.25) is 0 Å². The maximum absolute atomic E-state index is 11.9. The van der Waals surface area contributed by atoms with E-state index < -0.39 is 6.10 Å². The number of aromatic nitrogens is 3. The van der Waals surface area contributed by atoms with Gasteiger partial charge in [0.25, 0.3) is 5.91 Å². The molecule has 1 aromatic heterocycles. The van der Waals surface area contributed by atoms with Crippen LogP contribution in [-0.2, 0) is 7.05 Å². The summed E-state index contributed by atoms with van der Waals surface area (Å²) in [7, 11) is 1.69. The van der Waals surface area contributed by atoms with Crippen LogP contribution in [0.4, 0.5) is 0 Å². The zero-order valence-corrected chi connectivity index (χ0v) is 12.1. The molecule has 0 radical (unpaired) electrons. The SMILES string of the molecule is Cn1cc(C(=O)NC[C@@H](O)c2cccc3ccccc23)nn1. The Kier molecular flexibility index (Phi) is 3.84. The second-order valence-electron chi connectivity index (χ2n) is 5.07. The number of hydrogen-bond donors (Lipinski definition) is 2. The Morgan fingerprint density at radius 1 is 1.27 bits per heavy atom.